The van der Waals surface area contributed by atoms with Crippen LogP contribution in [0.5, 0.6) is 0 Å². The maximum atomic E-state index is 13.3. The van der Waals surface area contributed by atoms with E-state index in [0.29, 0.717) is 6.54 Å². The molecule has 0 spiro atoms. The Hall–Kier alpha value is -2.28. The molecule has 1 aliphatic heterocycles. The first-order chi connectivity index (χ1) is 12.0. The van der Waals surface area contributed by atoms with Crippen molar-refractivity contribution in [3.05, 3.63) is 53.4 Å². The van der Waals surface area contributed by atoms with E-state index in [9.17, 15) is 13.6 Å². The van der Waals surface area contributed by atoms with E-state index in [4.69, 9.17) is 0 Å². The summed E-state index contributed by atoms with van der Waals surface area (Å²) in [5.41, 5.74) is 1.52. The average molecular weight is 348 g/mol. The van der Waals surface area contributed by atoms with Crippen LogP contribution in [0.2, 0.25) is 0 Å². The van der Waals surface area contributed by atoms with Gasteiger partial charge in [-0.3, -0.25) is 14.4 Å². The smallest absolute Gasteiger partial charge is 0.226 e. The number of hydrogen-bond acceptors (Lipinski definition) is 3. The second-order valence-corrected chi connectivity index (χ2v) is 6.52. The van der Waals surface area contributed by atoms with Gasteiger partial charge in [-0.2, -0.15) is 5.10 Å². The molecule has 1 fully saturated rings. The van der Waals surface area contributed by atoms with E-state index in [-0.39, 0.29) is 18.4 Å². The Balaban J connectivity index is 1.43. The number of aryl methyl sites for hydroxylation is 1. The van der Waals surface area contributed by atoms with Crippen molar-refractivity contribution in [3.63, 3.8) is 0 Å². The highest BCUT2D eigenvalue weighted by Crippen LogP contribution is 2.16. The van der Waals surface area contributed by atoms with Crippen LogP contribution >= 0.6 is 0 Å². The standard InChI is InChI=1S/C18H22F2N4O/c1-23-7-4-15(22-23)11-18(25)21-14-5-8-24(9-6-14)12-13-2-3-16(19)17(20)10-13/h2-4,7,10,14H,5-6,8-9,11-12H2,1H3,(H,21,25). The SMILES string of the molecule is Cn1ccc(CC(=O)NC2CCN(Cc3ccc(F)c(F)c3)CC2)n1. The Kier molecular flexibility index (Phi) is 5.43. The number of likely N-dealkylation sites (tertiary alicyclic amines) is 1. The van der Waals surface area contributed by atoms with Crippen molar-refractivity contribution in [3.8, 4) is 0 Å². The molecular formula is C18H22F2N4O. The fourth-order valence-electron chi connectivity index (χ4n) is 3.13. The average Bonchev–Trinajstić information content (AvgIpc) is 2.97. The van der Waals surface area contributed by atoms with Crippen molar-refractivity contribution >= 4 is 5.91 Å². The first-order valence-corrected chi connectivity index (χ1v) is 8.44. The lowest BCUT2D eigenvalue weighted by molar-refractivity contribution is -0.121. The van der Waals surface area contributed by atoms with E-state index in [1.807, 2.05) is 19.3 Å². The second kappa shape index (κ2) is 7.74. The number of nitrogens with zero attached hydrogens (tertiary/aromatic N) is 3. The molecular weight excluding hydrogens is 326 g/mol. The van der Waals surface area contributed by atoms with Gasteiger partial charge in [0, 0.05) is 38.9 Å². The molecule has 2 aromatic rings. The van der Waals surface area contributed by atoms with Crippen LogP contribution in [0, 0.1) is 11.6 Å². The quantitative estimate of drug-likeness (QED) is 0.899. The second-order valence-electron chi connectivity index (χ2n) is 6.52. The summed E-state index contributed by atoms with van der Waals surface area (Å²) >= 11 is 0. The minimum Gasteiger partial charge on any atom is -0.353 e. The number of nitrogens with one attached hydrogen (secondary N) is 1. The minimum atomic E-state index is -0.821. The zero-order valence-corrected chi connectivity index (χ0v) is 14.2. The van der Waals surface area contributed by atoms with Gasteiger partial charge < -0.3 is 5.32 Å². The lowest BCUT2D eigenvalue weighted by atomic mass is 10.0. The molecule has 3 rings (SSSR count). The van der Waals surface area contributed by atoms with Crippen molar-refractivity contribution in [2.24, 2.45) is 7.05 Å². The molecule has 25 heavy (non-hydrogen) atoms. The van der Waals surface area contributed by atoms with E-state index in [1.165, 1.54) is 6.07 Å². The van der Waals surface area contributed by atoms with Gasteiger partial charge in [0.25, 0.3) is 0 Å². The summed E-state index contributed by atoms with van der Waals surface area (Å²) in [6.45, 7) is 2.22. The van der Waals surface area contributed by atoms with E-state index < -0.39 is 11.6 Å². The van der Waals surface area contributed by atoms with Crippen LogP contribution in [0.1, 0.15) is 24.1 Å². The lowest BCUT2D eigenvalue weighted by Crippen LogP contribution is -2.44. The first kappa shape index (κ1) is 17.5. The first-order valence-electron chi connectivity index (χ1n) is 8.44. The van der Waals surface area contributed by atoms with Gasteiger partial charge in [0.1, 0.15) is 0 Å². The number of benzene rings is 1. The van der Waals surface area contributed by atoms with Gasteiger partial charge in [0.15, 0.2) is 11.6 Å². The number of aromatic nitrogens is 2. The van der Waals surface area contributed by atoms with Gasteiger partial charge in [0.2, 0.25) is 5.91 Å². The molecule has 5 nitrogen and oxygen atoms in total. The number of amides is 1. The summed E-state index contributed by atoms with van der Waals surface area (Å²) < 4.78 is 27.9. The van der Waals surface area contributed by atoms with Gasteiger partial charge >= 0.3 is 0 Å². The summed E-state index contributed by atoms with van der Waals surface area (Å²) in [5.74, 6) is -1.65. The Morgan fingerprint density at radius 1 is 1.24 bits per heavy atom. The largest absolute Gasteiger partial charge is 0.353 e. The zero-order valence-electron chi connectivity index (χ0n) is 14.2. The molecule has 134 valence electrons. The molecule has 1 aromatic heterocycles. The molecule has 0 bridgehead atoms. The minimum absolute atomic E-state index is 0.0160. The lowest BCUT2D eigenvalue weighted by Gasteiger charge is -2.32. The third-order valence-corrected chi connectivity index (χ3v) is 4.45. The topological polar surface area (TPSA) is 50.2 Å². The summed E-state index contributed by atoms with van der Waals surface area (Å²) in [6, 6.07) is 6.01. The van der Waals surface area contributed by atoms with E-state index >= 15 is 0 Å². The summed E-state index contributed by atoms with van der Waals surface area (Å²) in [7, 11) is 1.82. The Bertz CT molecular complexity index is 738. The normalized spacial score (nSPS) is 16.1. The molecule has 0 saturated carbocycles. The fourth-order valence-corrected chi connectivity index (χ4v) is 3.13. The van der Waals surface area contributed by atoms with Crippen molar-refractivity contribution in [2.75, 3.05) is 13.1 Å². The fraction of sp³-hybridized carbons (Fsp3) is 0.444. The van der Waals surface area contributed by atoms with Crippen molar-refractivity contribution in [1.82, 2.24) is 20.0 Å². The summed E-state index contributed by atoms with van der Waals surface area (Å²) in [5, 5.41) is 7.26. The highest BCUT2D eigenvalue weighted by molar-refractivity contribution is 5.78. The van der Waals surface area contributed by atoms with Gasteiger partial charge in [-0.25, -0.2) is 8.78 Å². The van der Waals surface area contributed by atoms with Crippen molar-refractivity contribution < 1.29 is 13.6 Å². The molecule has 0 aliphatic carbocycles. The summed E-state index contributed by atoms with van der Waals surface area (Å²) in [4.78, 5) is 14.3. The van der Waals surface area contributed by atoms with Gasteiger partial charge in [-0.1, -0.05) is 6.07 Å². The predicted octanol–water partition coefficient (Wildman–Crippen LogP) is 2.02. The van der Waals surface area contributed by atoms with E-state index in [2.05, 4.69) is 15.3 Å². The Labute approximate surface area is 145 Å². The highest BCUT2D eigenvalue weighted by atomic mass is 19.2. The molecule has 1 aromatic carbocycles. The molecule has 1 N–H and O–H groups in total. The zero-order chi connectivity index (χ0) is 17.8. The number of carbonyl (C=O) groups is 1. The van der Waals surface area contributed by atoms with Crippen LogP contribution in [-0.4, -0.2) is 39.7 Å². The number of rotatable bonds is 5. The molecule has 2 heterocycles. The number of carbonyl (C=O) groups excluding carboxylic acids is 1. The van der Waals surface area contributed by atoms with Gasteiger partial charge in [-0.15, -0.1) is 0 Å². The van der Waals surface area contributed by atoms with E-state index in [0.717, 1.165) is 43.3 Å². The van der Waals surface area contributed by atoms with Crippen LogP contribution in [0.25, 0.3) is 0 Å². The number of hydrogen-bond donors (Lipinski definition) is 1. The molecule has 0 atom stereocenters. The van der Waals surface area contributed by atoms with Gasteiger partial charge in [0.05, 0.1) is 12.1 Å². The monoisotopic (exact) mass is 348 g/mol. The van der Waals surface area contributed by atoms with E-state index in [1.54, 1.807) is 10.7 Å². The maximum Gasteiger partial charge on any atom is 0.226 e. The van der Waals surface area contributed by atoms with Crippen LogP contribution in [0.15, 0.2) is 30.5 Å². The van der Waals surface area contributed by atoms with Crippen LogP contribution in [0.4, 0.5) is 8.78 Å². The molecule has 0 unspecified atom stereocenters. The van der Waals surface area contributed by atoms with Crippen LogP contribution in [-0.2, 0) is 24.8 Å². The summed E-state index contributed by atoms with van der Waals surface area (Å²) in [6.07, 6.45) is 3.80. The van der Waals surface area contributed by atoms with Crippen molar-refractivity contribution in [1.29, 1.82) is 0 Å². The molecule has 1 saturated heterocycles. The van der Waals surface area contributed by atoms with Crippen LogP contribution < -0.4 is 5.32 Å². The Morgan fingerprint density at radius 2 is 2.00 bits per heavy atom. The van der Waals surface area contributed by atoms with Gasteiger partial charge in [-0.05, 0) is 36.6 Å². The van der Waals surface area contributed by atoms with Crippen molar-refractivity contribution in [2.45, 2.75) is 31.8 Å². The molecule has 0 radical (unpaired) electrons. The highest BCUT2D eigenvalue weighted by Gasteiger charge is 2.21. The molecule has 1 aliphatic rings. The number of piperidine rings is 1. The maximum absolute atomic E-state index is 13.3. The number of halogens is 2. The third-order valence-electron chi connectivity index (χ3n) is 4.45. The third kappa shape index (κ3) is 4.85. The predicted molar refractivity (Wildman–Crippen MR) is 89.7 cm³/mol. The Morgan fingerprint density at radius 3 is 2.64 bits per heavy atom. The van der Waals surface area contributed by atoms with Crippen LogP contribution in [0.3, 0.4) is 0 Å². The molecule has 1 amide bonds. The molecule has 7 heteroatoms.